The van der Waals surface area contributed by atoms with E-state index in [-0.39, 0.29) is 23.9 Å². The van der Waals surface area contributed by atoms with Crippen molar-refractivity contribution >= 4 is 21.6 Å². The summed E-state index contributed by atoms with van der Waals surface area (Å²) in [5.41, 5.74) is 2.39. The Morgan fingerprint density at radius 3 is 2.33 bits per heavy atom. The zero-order chi connectivity index (χ0) is 20.0. The standard InChI is InChI=1S/C20H26N2O4S/c1-5-26-19-9-7-18(8-10-19)22(17(4)23)13-12-21-27(24,25)20-11-6-15(2)14-16(20)3/h6-11,14,21H,5,12-13H2,1-4H3. The Labute approximate surface area is 161 Å². The number of sulfonamides is 1. The van der Waals surface area contributed by atoms with Crippen LogP contribution in [-0.4, -0.2) is 34.0 Å². The second-order valence-corrected chi connectivity index (χ2v) is 8.00. The monoisotopic (exact) mass is 390 g/mol. The van der Waals surface area contributed by atoms with Gasteiger partial charge < -0.3 is 9.64 Å². The number of nitrogens with one attached hydrogen (secondary N) is 1. The summed E-state index contributed by atoms with van der Waals surface area (Å²) in [5.74, 6) is 0.560. The van der Waals surface area contributed by atoms with Crippen molar-refractivity contribution in [2.45, 2.75) is 32.6 Å². The Hall–Kier alpha value is -2.38. The first-order valence-corrected chi connectivity index (χ1v) is 10.3. The van der Waals surface area contributed by atoms with Gasteiger partial charge in [-0.1, -0.05) is 17.7 Å². The highest BCUT2D eigenvalue weighted by Crippen LogP contribution is 2.20. The number of amides is 1. The molecule has 0 spiro atoms. The molecule has 0 unspecified atom stereocenters. The summed E-state index contributed by atoms with van der Waals surface area (Å²) in [4.78, 5) is 13.8. The number of anilines is 1. The fourth-order valence-electron chi connectivity index (χ4n) is 2.83. The van der Waals surface area contributed by atoms with Crippen molar-refractivity contribution in [2.24, 2.45) is 0 Å². The predicted molar refractivity (Wildman–Crippen MR) is 107 cm³/mol. The van der Waals surface area contributed by atoms with Crippen LogP contribution in [0.2, 0.25) is 0 Å². The Morgan fingerprint density at radius 1 is 1.11 bits per heavy atom. The number of aryl methyl sites for hydroxylation is 2. The Kier molecular flexibility index (Phi) is 6.98. The molecule has 0 aromatic heterocycles. The van der Waals surface area contributed by atoms with Gasteiger partial charge in [-0.2, -0.15) is 0 Å². The molecule has 146 valence electrons. The molecule has 0 aliphatic carbocycles. The lowest BCUT2D eigenvalue weighted by Gasteiger charge is -2.22. The smallest absolute Gasteiger partial charge is 0.240 e. The fourth-order valence-corrected chi connectivity index (χ4v) is 4.07. The third-order valence-electron chi connectivity index (χ3n) is 4.09. The molecule has 0 radical (unpaired) electrons. The van der Waals surface area contributed by atoms with Gasteiger partial charge in [0, 0.05) is 25.7 Å². The van der Waals surface area contributed by atoms with Gasteiger partial charge in [0.1, 0.15) is 5.75 Å². The average molecular weight is 391 g/mol. The normalized spacial score (nSPS) is 11.3. The van der Waals surface area contributed by atoms with Crippen molar-refractivity contribution in [3.63, 3.8) is 0 Å². The zero-order valence-corrected chi connectivity index (χ0v) is 17.0. The number of carbonyl (C=O) groups excluding carboxylic acids is 1. The van der Waals surface area contributed by atoms with Crippen molar-refractivity contribution in [1.29, 1.82) is 0 Å². The molecule has 0 heterocycles. The number of carbonyl (C=O) groups is 1. The molecule has 7 heteroatoms. The van der Waals surface area contributed by atoms with Gasteiger partial charge in [0.05, 0.1) is 11.5 Å². The third kappa shape index (κ3) is 5.55. The van der Waals surface area contributed by atoms with E-state index in [4.69, 9.17) is 4.74 Å². The van der Waals surface area contributed by atoms with Gasteiger partial charge in [0.15, 0.2) is 0 Å². The zero-order valence-electron chi connectivity index (χ0n) is 16.2. The second-order valence-electron chi connectivity index (χ2n) is 6.26. The van der Waals surface area contributed by atoms with E-state index in [2.05, 4.69) is 4.72 Å². The SMILES string of the molecule is CCOc1ccc(N(CCNS(=O)(=O)c2ccc(C)cc2C)C(C)=O)cc1. The summed E-state index contributed by atoms with van der Waals surface area (Å²) in [6.45, 7) is 7.94. The number of hydrogen-bond acceptors (Lipinski definition) is 4. The molecule has 0 fully saturated rings. The van der Waals surface area contributed by atoms with E-state index in [1.54, 1.807) is 43.3 Å². The summed E-state index contributed by atoms with van der Waals surface area (Å²) in [7, 11) is -3.63. The van der Waals surface area contributed by atoms with E-state index >= 15 is 0 Å². The van der Waals surface area contributed by atoms with Crippen LogP contribution in [0.4, 0.5) is 5.69 Å². The van der Waals surface area contributed by atoms with Crippen LogP contribution in [0.3, 0.4) is 0 Å². The van der Waals surface area contributed by atoms with E-state index in [0.29, 0.717) is 17.9 Å². The van der Waals surface area contributed by atoms with Crippen LogP contribution in [0.25, 0.3) is 0 Å². The largest absolute Gasteiger partial charge is 0.494 e. The molecule has 0 saturated heterocycles. The maximum Gasteiger partial charge on any atom is 0.240 e. The van der Waals surface area contributed by atoms with E-state index in [1.807, 2.05) is 19.9 Å². The van der Waals surface area contributed by atoms with Crippen LogP contribution < -0.4 is 14.4 Å². The van der Waals surface area contributed by atoms with Gasteiger partial charge in [0.2, 0.25) is 15.9 Å². The second kappa shape index (κ2) is 9.01. The maximum atomic E-state index is 12.5. The summed E-state index contributed by atoms with van der Waals surface area (Å²) in [5, 5.41) is 0. The van der Waals surface area contributed by atoms with E-state index in [0.717, 1.165) is 11.3 Å². The van der Waals surface area contributed by atoms with Crippen molar-refractivity contribution < 1.29 is 17.9 Å². The minimum atomic E-state index is -3.63. The van der Waals surface area contributed by atoms with Crippen molar-refractivity contribution in [3.8, 4) is 5.75 Å². The number of hydrogen-bond donors (Lipinski definition) is 1. The minimum Gasteiger partial charge on any atom is -0.494 e. The molecule has 2 aromatic rings. The lowest BCUT2D eigenvalue weighted by molar-refractivity contribution is -0.116. The maximum absolute atomic E-state index is 12.5. The lowest BCUT2D eigenvalue weighted by atomic mass is 10.2. The predicted octanol–water partition coefficient (Wildman–Crippen LogP) is 3.03. The summed E-state index contributed by atoms with van der Waals surface area (Å²) < 4.78 is 33.1. The van der Waals surface area contributed by atoms with Gasteiger partial charge in [0.25, 0.3) is 0 Å². The van der Waals surface area contributed by atoms with Crippen molar-refractivity contribution in [2.75, 3.05) is 24.6 Å². The summed E-state index contributed by atoms with van der Waals surface area (Å²) in [6, 6.07) is 12.3. The van der Waals surface area contributed by atoms with Gasteiger partial charge in [-0.15, -0.1) is 0 Å². The number of ether oxygens (including phenoxy) is 1. The van der Waals surface area contributed by atoms with Gasteiger partial charge >= 0.3 is 0 Å². The van der Waals surface area contributed by atoms with Crippen molar-refractivity contribution in [3.05, 3.63) is 53.6 Å². The van der Waals surface area contributed by atoms with Crippen LogP contribution in [0.5, 0.6) is 5.75 Å². The minimum absolute atomic E-state index is 0.114. The number of benzene rings is 2. The Bertz CT molecular complexity index is 893. The lowest BCUT2D eigenvalue weighted by Crippen LogP contribution is -2.37. The Morgan fingerprint density at radius 2 is 1.78 bits per heavy atom. The van der Waals surface area contributed by atoms with Crippen LogP contribution in [0.1, 0.15) is 25.0 Å². The quantitative estimate of drug-likeness (QED) is 0.752. The molecule has 0 atom stereocenters. The van der Waals surface area contributed by atoms with E-state index < -0.39 is 10.0 Å². The molecule has 0 aliphatic rings. The van der Waals surface area contributed by atoms with Gasteiger partial charge in [-0.3, -0.25) is 4.79 Å². The molecule has 6 nitrogen and oxygen atoms in total. The highest BCUT2D eigenvalue weighted by Gasteiger charge is 2.18. The first-order chi connectivity index (χ1) is 12.7. The van der Waals surface area contributed by atoms with Crippen LogP contribution in [0, 0.1) is 13.8 Å². The van der Waals surface area contributed by atoms with Crippen LogP contribution >= 0.6 is 0 Å². The van der Waals surface area contributed by atoms with E-state index in [9.17, 15) is 13.2 Å². The first-order valence-electron chi connectivity index (χ1n) is 8.82. The molecule has 0 bridgehead atoms. The molecule has 0 aliphatic heterocycles. The average Bonchev–Trinajstić information content (AvgIpc) is 2.59. The molecule has 2 rings (SSSR count). The molecule has 1 amide bonds. The van der Waals surface area contributed by atoms with Gasteiger partial charge in [-0.25, -0.2) is 13.1 Å². The Balaban J connectivity index is 2.06. The topological polar surface area (TPSA) is 75.7 Å². The number of rotatable bonds is 8. The van der Waals surface area contributed by atoms with E-state index in [1.165, 1.54) is 11.8 Å². The third-order valence-corrected chi connectivity index (χ3v) is 5.71. The number of nitrogens with zero attached hydrogens (tertiary/aromatic N) is 1. The molecular weight excluding hydrogens is 364 g/mol. The van der Waals surface area contributed by atoms with Crippen LogP contribution in [0.15, 0.2) is 47.4 Å². The van der Waals surface area contributed by atoms with Gasteiger partial charge in [-0.05, 0) is 56.7 Å². The summed E-state index contributed by atoms with van der Waals surface area (Å²) in [6.07, 6.45) is 0. The van der Waals surface area contributed by atoms with Crippen LogP contribution in [-0.2, 0) is 14.8 Å². The highest BCUT2D eigenvalue weighted by molar-refractivity contribution is 7.89. The fraction of sp³-hybridized carbons (Fsp3) is 0.350. The molecule has 27 heavy (non-hydrogen) atoms. The molecule has 0 saturated carbocycles. The molecular formula is C20H26N2O4S. The molecule has 1 N–H and O–H groups in total. The highest BCUT2D eigenvalue weighted by atomic mass is 32.2. The summed E-state index contributed by atoms with van der Waals surface area (Å²) >= 11 is 0. The first kappa shape index (κ1) is 20.9. The van der Waals surface area contributed by atoms with Crippen molar-refractivity contribution in [1.82, 2.24) is 4.72 Å². The molecule has 2 aromatic carbocycles.